The molecule has 0 heterocycles. The van der Waals surface area contributed by atoms with Gasteiger partial charge in [0.2, 0.25) is 0 Å². The zero-order chi connectivity index (χ0) is 19.6. The molecule has 0 spiro atoms. The Bertz CT molecular complexity index is 268. The minimum absolute atomic E-state index is 0.734. The van der Waals surface area contributed by atoms with E-state index < -0.39 is 5.97 Å². The lowest BCUT2D eigenvalue weighted by molar-refractivity contribution is -0.134. The molecule has 0 radical (unpaired) electrons. The van der Waals surface area contributed by atoms with E-state index in [4.69, 9.17) is 15.3 Å². The third kappa shape index (κ3) is 51.8. The van der Waals surface area contributed by atoms with Crippen molar-refractivity contribution in [2.45, 2.75) is 78.1 Å². The van der Waals surface area contributed by atoms with Gasteiger partial charge in [0.05, 0.1) is 0 Å². The van der Waals surface area contributed by atoms with Gasteiger partial charge in [-0.2, -0.15) is 0 Å². The van der Waals surface area contributed by atoms with Crippen molar-refractivity contribution in [2.24, 2.45) is 0 Å². The number of nitrogens with one attached hydrogen (secondary N) is 3. The van der Waals surface area contributed by atoms with Crippen molar-refractivity contribution in [3.05, 3.63) is 12.7 Å². The summed E-state index contributed by atoms with van der Waals surface area (Å²) in [6.45, 7) is 9.55. The highest BCUT2D eigenvalue weighted by Crippen LogP contribution is 2.10. The van der Waals surface area contributed by atoms with Crippen LogP contribution in [0, 0.1) is 5.41 Å². The second-order valence-electron chi connectivity index (χ2n) is 5.96. The van der Waals surface area contributed by atoms with Gasteiger partial charge < -0.3 is 21.1 Å². The molecular weight excluding hydrogens is 314 g/mol. The fourth-order valence-corrected chi connectivity index (χ4v) is 2.06. The maximum atomic E-state index is 9.00. The van der Waals surface area contributed by atoms with Crippen LogP contribution in [0.2, 0.25) is 0 Å². The third-order valence-electron chi connectivity index (χ3n) is 3.30. The van der Waals surface area contributed by atoms with E-state index in [0.29, 0.717) is 0 Å². The number of carboxylic acid groups (broad SMARTS) is 1. The summed E-state index contributed by atoms with van der Waals surface area (Å²) < 4.78 is 0. The molecule has 0 bridgehead atoms. The van der Waals surface area contributed by atoms with E-state index in [0.717, 1.165) is 26.6 Å². The van der Waals surface area contributed by atoms with Crippen LogP contribution in [0.25, 0.3) is 0 Å². The molecule has 5 heteroatoms. The van der Waals surface area contributed by atoms with E-state index in [1.54, 1.807) is 0 Å². The maximum absolute atomic E-state index is 9.00. The number of hydrogen-bond donors (Lipinski definition) is 4. The van der Waals surface area contributed by atoms with E-state index in [2.05, 4.69) is 24.1 Å². The van der Waals surface area contributed by atoms with Gasteiger partial charge in [-0.15, -0.1) is 6.58 Å². The summed E-state index contributed by atoms with van der Waals surface area (Å²) >= 11 is 0. The minimum atomic E-state index is -0.833. The average Bonchev–Trinajstić information content (AvgIpc) is 2.57. The molecule has 0 aromatic carbocycles. The molecule has 0 saturated heterocycles. The Labute approximate surface area is 156 Å². The van der Waals surface area contributed by atoms with Crippen molar-refractivity contribution in [3.8, 4) is 0 Å². The third-order valence-corrected chi connectivity index (χ3v) is 3.30. The largest absolute Gasteiger partial charge is 0.481 e. The van der Waals surface area contributed by atoms with Crippen LogP contribution in [0.15, 0.2) is 12.7 Å². The molecule has 0 aliphatic carbocycles. The van der Waals surface area contributed by atoms with Crippen LogP contribution in [0.4, 0.5) is 0 Å². The number of rotatable bonds is 15. The number of hydrogen-bond acceptors (Lipinski definition) is 4. The summed E-state index contributed by atoms with van der Waals surface area (Å²) in [4.78, 5) is 9.00. The highest BCUT2D eigenvalue weighted by molar-refractivity contribution is 5.62. The highest BCUT2D eigenvalue weighted by Gasteiger charge is 1.92. The lowest BCUT2D eigenvalue weighted by atomic mass is 10.1. The molecule has 0 fully saturated rings. The topological polar surface area (TPSA) is 85.2 Å². The molecule has 0 aromatic rings. The first kappa shape index (κ1) is 28.6. The Hall–Kier alpha value is -1.20. The first-order chi connectivity index (χ1) is 12.1. The number of aliphatic carboxylic acids is 1. The average molecular weight is 358 g/mol. The predicted octanol–water partition coefficient (Wildman–Crippen LogP) is 4.63. The first-order valence-corrected chi connectivity index (χ1v) is 9.71. The van der Waals surface area contributed by atoms with Crippen molar-refractivity contribution in [3.63, 3.8) is 0 Å². The zero-order valence-corrected chi connectivity index (χ0v) is 16.9. The minimum Gasteiger partial charge on any atom is -0.481 e. The summed E-state index contributed by atoms with van der Waals surface area (Å²) in [5.41, 5.74) is 0. The quantitative estimate of drug-likeness (QED) is 0.196. The Balaban J connectivity index is -0.000000442. The number of likely N-dealkylation sites (N-methyl/N-ethyl adjacent to an activating group) is 1. The molecule has 0 aliphatic heterocycles. The summed E-state index contributed by atoms with van der Waals surface area (Å²) in [5.74, 6) is -0.833. The lowest BCUT2D eigenvalue weighted by Crippen LogP contribution is -2.17. The number of unbranched alkanes of at least 4 members (excludes halogenated alkanes) is 9. The molecule has 25 heavy (non-hydrogen) atoms. The summed E-state index contributed by atoms with van der Waals surface area (Å²) in [6, 6.07) is 0. The number of carbonyl (C=O) groups is 1. The standard InChI is InChI=1S/C14H30N2.C4H9N.C2H4O2/c1-2-3-4-5-6-7-8-9-10-11-13-16-14-12-15;1-3-4-5-2;1-2(3)4/h12,15-16H,2-11,13-14H2,1H3;3,5H,1,4H2,2H3;1H3,(H,3,4). The molecule has 0 aliphatic rings. The summed E-state index contributed by atoms with van der Waals surface area (Å²) in [7, 11) is 1.89. The van der Waals surface area contributed by atoms with Gasteiger partial charge >= 0.3 is 0 Å². The van der Waals surface area contributed by atoms with Gasteiger partial charge in [0, 0.05) is 26.2 Å². The molecule has 5 nitrogen and oxygen atoms in total. The smallest absolute Gasteiger partial charge is 0.300 e. The maximum Gasteiger partial charge on any atom is 0.300 e. The van der Waals surface area contributed by atoms with Gasteiger partial charge in [0.1, 0.15) is 0 Å². The Kier molecular flexibility index (Phi) is 35.1. The monoisotopic (exact) mass is 357 g/mol. The predicted molar refractivity (Wildman–Crippen MR) is 111 cm³/mol. The van der Waals surface area contributed by atoms with Crippen LogP contribution in [0.1, 0.15) is 78.1 Å². The molecule has 0 saturated carbocycles. The van der Waals surface area contributed by atoms with Gasteiger partial charge in [0.25, 0.3) is 5.97 Å². The first-order valence-electron chi connectivity index (χ1n) is 9.71. The Morgan fingerprint density at radius 2 is 1.44 bits per heavy atom. The van der Waals surface area contributed by atoms with E-state index in [9.17, 15) is 0 Å². The van der Waals surface area contributed by atoms with Gasteiger partial charge in [-0.25, -0.2) is 0 Å². The molecule has 150 valence electrons. The van der Waals surface area contributed by atoms with Crippen molar-refractivity contribution in [2.75, 3.05) is 26.7 Å². The van der Waals surface area contributed by atoms with E-state index in [1.165, 1.54) is 70.4 Å². The Morgan fingerprint density at radius 1 is 1.00 bits per heavy atom. The SMILES string of the molecule is C=CCNC.CC(=O)O.CCCCCCCCCCCCNCC=N. The highest BCUT2D eigenvalue weighted by atomic mass is 16.4. The molecule has 4 N–H and O–H groups in total. The van der Waals surface area contributed by atoms with Crippen molar-refractivity contribution < 1.29 is 9.90 Å². The van der Waals surface area contributed by atoms with Gasteiger partial charge in [-0.1, -0.05) is 70.8 Å². The van der Waals surface area contributed by atoms with E-state index in [1.807, 2.05) is 13.1 Å². The van der Waals surface area contributed by atoms with Crippen LogP contribution in [0.3, 0.4) is 0 Å². The van der Waals surface area contributed by atoms with Crippen LogP contribution < -0.4 is 10.6 Å². The Morgan fingerprint density at radius 3 is 1.76 bits per heavy atom. The van der Waals surface area contributed by atoms with Crippen molar-refractivity contribution in [1.82, 2.24) is 10.6 Å². The molecular formula is C20H43N3O2. The number of carboxylic acids is 1. The molecule has 0 atom stereocenters. The lowest BCUT2D eigenvalue weighted by Gasteiger charge is -2.02. The molecule has 0 aromatic heterocycles. The fraction of sp³-hybridized carbons (Fsp3) is 0.800. The zero-order valence-electron chi connectivity index (χ0n) is 16.9. The van der Waals surface area contributed by atoms with Gasteiger partial charge in [-0.05, 0) is 20.0 Å². The molecule has 0 rings (SSSR count). The van der Waals surface area contributed by atoms with E-state index >= 15 is 0 Å². The summed E-state index contributed by atoms with van der Waals surface area (Å²) in [6.07, 6.45) is 17.2. The molecule has 0 unspecified atom stereocenters. The fourth-order valence-electron chi connectivity index (χ4n) is 2.06. The van der Waals surface area contributed by atoms with Crippen LogP contribution >= 0.6 is 0 Å². The van der Waals surface area contributed by atoms with Crippen molar-refractivity contribution in [1.29, 1.82) is 5.41 Å². The second-order valence-corrected chi connectivity index (χ2v) is 5.96. The summed E-state index contributed by atoms with van der Waals surface area (Å²) in [5, 5.41) is 20.4. The second kappa shape index (κ2) is 30.7. The van der Waals surface area contributed by atoms with Gasteiger partial charge in [-0.3, -0.25) is 4.79 Å². The normalized spacial score (nSPS) is 9.24. The van der Waals surface area contributed by atoms with Gasteiger partial charge in [0.15, 0.2) is 0 Å². The van der Waals surface area contributed by atoms with E-state index in [-0.39, 0.29) is 0 Å². The van der Waals surface area contributed by atoms with Crippen LogP contribution in [-0.2, 0) is 4.79 Å². The van der Waals surface area contributed by atoms with Crippen LogP contribution in [0.5, 0.6) is 0 Å². The van der Waals surface area contributed by atoms with Crippen molar-refractivity contribution >= 4 is 12.2 Å². The van der Waals surface area contributed by atoms with Crippen LogP contribution in [-0.4, -0.2) is 44.0 Å². The molecule has 0 amide bonds.